The molecule has 0 N–H and O–H groups in total. The van der Waals surface area contributed by atoms with Crippen LogP contribution in [0.5, 0.6) is 0 Å². The van der Waals surface area contributed by atoms with E-state index in [1.54, 1.807) is 4.90 Å². The lowest BCUT2D eigenvalue weighted by atomic mass is 9.96. The van der Waals surface area contributed by atoms with Crippen LogP contribution < -0.4 is 0 Å². The number of likely N-dealkylation sites (tertiary alicyclic amines) is 1. The van der Waals surface area contributed by atoms with Gasteiger partial charge in [0.05, 0.1) is 12.0 Å². The molecule has 1 heterocycles. The fraction of sp³-hybridized carbons (Fsp3) is 0.444. The Morgan fingerprint density at radius 2 is 2.09 bits per heavy atom. The maximum absolute atomic E-state index is 12.8. The van der Waals surface area contributed by atoms with Gasteiger partial charge in [-0.25, -0.2) is 0 Å². The predicted molar refractivity (Wildman–Crippen MR) is 94.8 cm³/mol. The van der Waals surface area contributed by atoms with E-state index in [0.717, 1.165) is 16.5 Å². The standard InChI is InChI=1S/C18H23BrN2O2/c1-4-10-21(13(3)15-8-6-7-9-16(15)19)18(23)14-11-20(12-14)17(22)5-2/h5-9,13-14H,2,4,10-12H2,1,3H3. The molecular weight excluding hydrogens is 356 g/mol. The van der Waals surface area contributed by atoms with E-state index < -0.39 is 0 Å². The molecule has 1 aliphatic rings. The summed E-state index contributed by atoms with van der Waals surface area (Å²) in [6.07, 6.45) is 2.21. The summed E-state index contributed by atoms with van der Waals surface area (Å²) >= 11 is 3.57. The zero-order chi connectivity index (χ0) is 17.0. The maximum atomic E-state index is 12.8. The topological polar surface area (TPSA) is 40.6 Å². The number of carbonyl (C=O) groups is 2. The van der Waals surface area contributed by atoms with Gasteiger partial charge in [-0.15, -0.1) is 0 Å². The van der Waals surface area contributed by atoms with Crippen molar-refractivity contribution < 1.29 is 9.59 Å². The van der Waals surface area contributed by atoms with Crippen LogP contribution in [-0.4, -0.2) is 41.2 Å². The minimum absolute atomic E-state index is 0.00202. The molecule has 5 heteroatoms. The van der Waals surface area contributed by atoms with Gasteiger partial charge in [-0.3, -0.25) is 9.59 Å². The average molecular weight is 379 g/mol. The molecule has 2 rings (SSSR count). The van der Waals surface area contributed by atoms with Crippen molar-refractivity contribution in [2.45, 2.75) is 26.3 Å². The lowest BCUT2D eigenvalue weighted by Gasteiger charge is -2.41. The normalized spacial score (nSPS) is 15.7. The molecule has 1 aromatic rings. The van der Waals surface area contributed by atoms with Gasteiger partial charge in [0.2, 0.25) is 11.8 Å². The number of nitrogens with zero attached hydrogens (tertiary/aromatic N) is 2. The fourth-order valence-corrected chi connectivity index (χ4v) is 3.51. The van der Waals surface area contributed by atoms with Crippen molar-refractivity contribution in [3.8, 4) is 0 Å². The minimum Gasteiger partial charge on any atom is -0.337 e. The molecule has 1 fully saturated rings. The van der Waals surface area contributed by atoms with Crippen LogP contribution in [0.25, 0.3) is 0 Å². The summed E-state index contributed by atoms with van der Waals surface area (Å²) in [5.74, 6) is -0.0754. The summed E-state index contributed by atoms with van der Waals surface area (Å²) < 4.78 is 1.01. The van der Waals surface area contributed by atoms with Crippen LogP contribution in [0.1, 0.15) is 31.9 Å². The van der Waals surface area contributed by atoms with Crippen molar-refractivity contribution in [2.24, 2.45) is 5.92 Å². The molecule has 1 atom stereocenters. The Balaban J connectivity index is 2.09. The molecule has 0 bridgehead atoms. The monoisotopic (exact) mass is 378 g/mol. The first kappa shape index (κ1) is 17.7. The molecule has 0 aliphatic carbocycles. The fourth-order valence-electron chi connectivity index (χ4n) is 2.90. The molecule has 0 aromatic heterocycles. The maximum Gasteiger partial charge on any atom is 0.246 e. The Morgan fingerprint density at radius 1 is 1.43 bits per heavy atom. The van der Waals surface area contributed by atoms with Gasteiger partial charge < -0.3 is 9.80 Å². The Kier molecular flexibility index (Phi) is 5.99. The van der Waals surface area contributed by atoms with Gasteiger partial charge in [-0.1, -0.05) is 47.6 Å². The summed E-state index contributed by atoms with van der Waals surface area (Å²) in [4.78, 5) is 28.0. The molecule has 1 aromatic carbocycles. The third-order valence-electron chi connectivity index (χ3n) is 4.29. The van der Waals surface area contributed by atoms with Crippen LogP contribution in [0.3, 0.4) is 0 Å². The van der Waals surface area contributed by atoms with Crippen LogP contribution in [-0.2, 0) is 9.59 Å². The first-order valence-corrected chi connectivity index (χ1v) is 8.75. The smallest absolute Gasteiger partial charge is 0.246 e. The van der Waals surface area contributed by atoms with Gasteiger partial charge in [-0.2, -0.15) is 0 Å². The Hall–Kier alpha value is -1.62. The van der Waals surface area contributed by atoms with Crippen molar-refractivity contribution in [1.82, 2.24) is 9.80 Å². The summed E-state index contributed by atoms with van der Waals surface area (Å²) in [5.41, 5.74) is 1.10. The number of hydrogen-bond acceptors (Lipinski definition) is 2. The van der Waals surface area contributed by atoms with Crippen LogP contribution in [0, 0.1) is 5.92 Å². The van der Waals surface area contributed by atoms with E-state index in [1.165, 1.54) is 6.08 Å². The second-order valence-electron chi connectivity index (χ2n) is 5.87. The number of halogens is 1. The number of carbonyl (C=O) groups excluding carboxylic acids is 2. The third-order valence-corrected chi connectivity index (χ3v) is 5.01. The predicted octanol–water partition coefficient (Wildman–Crippen LogP) is 3.39. The number of hydrogen-bond donors (Lipinski definition) is 0. The molecule has 0 spiro atoms. The van der Waals surface area contributed by atoms with E-state index in [1.807, 2.05) is 29.2 Å². The molecule has 1 unspecified atom stereocenters. The van der Waals surface area contributed by atoms with Crippen molar-refractivity contribution in [3.05, 3.63) is 47.0 Å². The highest BCUT2D eigenvalue weighted by molar-refractivity contribution is 9.10. The first-order chi connectivity index (χ1) is 11.0. The van der Waals surface area contributed by atoms with E-state index in [-0.39, 0.29) is 23.8 Å². The van der Waals surface area contributed by atoms with Crippen molar-refractivity contribution in [2.75, 3.05) is 19.6 Å². The Labute approximate surface area is 146 Å². The highest BCUT2D eigenvalue weighted by Gasteiger charge is 2.38. The second-order valence-corrected chi connectivity index (χ2v) is 6.73. The molecule has 124 valence electrons. The van der Waals surface area contributed by atoms with Gasteiger partial charge in [0, 0.05) is 24.1 Å². The molecule has 2 amide bonds. The van der Waals surface area contributed by atoms with E-state index in [4.69, 9.17) is 0 Å². The van der Waals surface area contributed by atoms with Crippen molar-refractivity contribution >= 4 is 27.7 Å². The van der Waals surface area contributed by atoms with Crippen LogP contribution in [0.4, 0.5) is 0 Å². The molecule has 23 heavy (non-hydrogen) atoms. The Morgan fingerprint density at radius 3 is 2.65 bits per heavy atom. The molecule has 4 nitrogen and oxygen atoms in total. The van der Waals surface area contributed by atoms with Gasteiger partial charge in [0.1, 0.15) is 0 Å². The zero-order valence-corrected chi connectivity index (χ0v) is 15.3. The van der Waals surface area contributed by atoms with Gasteiger partial charge in [0.25, 0.3) is 0 Å². The number of amides is 2. The van der Waals surface area contributed by atoms with E-state index >= 15 is 0 Å². The number of benzene rings is 1. The zero-order valence-electron chi connectivity index (χ0n) is 13.7. The highest BCUT2D eigenvalue weighted by Crippen LogP contribution is 2.30. The van der Waals surface area contributed by atoms with E-state index in [0.29, 0.717) is 19.6 Å². The summed E-state index contributed by atoms with van der Waals surface area (Å²) in [6, 6.07) is 7.99. The van der Waals surface area contributed by atoms with Crippen LogP contribution in [0.2, 0.25) is 0 Å². The molecule has 0 saturated carbocycles. The number of rotatable bonds is 6. The average Bonchev–Trinajstić information content (AvgIpc) is 2.50. The second kappa shape index (κ2) is 7.77. The summed E-state index contributed by atoms with van der Waals surface area (Å²) in [5, 5.41) is 0. The SMILES string of the molecule is C=CC(=O)N1CC(C(=O)N(CCC)C(C)c2ccccc2Br)C1. The highest BCUT2D eigenvalue weighted by atomic mass is 79.9. The largest absolute Gasteiger partial charge is 0.337 e. The molecule has 0 radical (unpaired) electrons. The minimum atomic E-state index is -0.102. The Bertz CT molecular complexity index is 596. The van der Waals surface area contributed by atoms with Gasteiger partial charge in [0.15, 0.2) is 0 Å². The van der Waals surface area contributed by atoms with E-state index in [2.05, 4.69) is 36.4 Å². The van der Waals surface area contributed by atoms with Gasteiger partial charge >= 0.3 is 0 Å². The van der Waals surface area contributed by atoms with Crippen LogP contribution in [0.15, 0.2) is 41.4 Å². The first-order valence-electron chi connectivity index (χ1n) is 7.95. The summed E-state index contributed by atoms with van der Waals surface area (Å²) in [6.45, 7) is 9.31. The molecule has 1 aliphatic heterocycles. The summed E-state index contributed by atoms with van der Waals surface area (Å²) in [7, 11) is 0. The molecule has 1 saturated heterocycles. The third kappa shape index (κ3) is 3.83. The van der Waals surface area contributed by atoms with E-state index in [9.17, 15) is 9.59 Å². The lowest BCUT2D eigenvalue weighted by Crippen LogP contribution is -2.56. The van der Waals surface area contributed by atoms with Crippen molar-refractivity contribution in [1.29, 1.82) is 0 Å². The lowest BCUT2D eigenvalue weighted by molar-refractivity contribution is -0.147. The quantitative estimate of drug-likeness (QED) is 0.711. The van der Waals surface area contributed by atoms with Gasteiger partial charge in [-0.05, 0) is 31.1 Å². The van der Waals surface area contributed by atoms with Crippen molar-refractivity contribution in [3.63, 3.8) is 0 Å². The van der Waals surface area contributed by atoms with Crippen LogP contribution >= 0.6 is 15.9 Å². The molecular formula is C18H23BrN2O2.